The molecule has 0 aromatic heterocycles. The first kappa shape index (κ1) is 10.3. The molecule has 2 rings (SSSR count). The summed E-state index contributed by atoms with van der Waals surface area (Å²) in [6.07, 6.45) is 1.75. The summed E-state index contributed by atoms with van der Waals surface area (Å²) in [5.41, 5.74) is 1.61. The Morgan fingerprint density at radius 2 is 2.20 bits per heavy atom. The predicted octanol–water partition coefficient (Wildman–Crippen LogP) is 2.60. The second-order valence-corrected chi connectivity index (χ2v) is 4.71. The Morgan fingerprint density at radius 1 is 1.53 bits per heavy atom. The van der Waals surface area contributed by atoms with Gasteiger partial charge in [0.25, 0.3) is 0 Å². The van der Waals surface area contributed by atoms with Gasteiger partial charge in [0.1, 0.15) is 6.61 Å². The van der Waals surface area contributed by atoms with Gasteiger partial charge in [-0.2, -0.15) is 11.8 Å². The molecule has 0 amide bonds. The van der Waals surface area contributed by atoms with Gasteiger partial charge in [0.15, 0.2) is 0 Å². The number of esters is 1. The molecule has 78 valence electrons. The van der Waals surface area contributed by atoms with Gasteiger partial charge >= 0.3 is 5.97 Å². The van der Waals surface area contributed by atoms with E-state index in [1.165, 1.54) is 0 Å². The summed E-state index contributed by atoms with van der Waals surface area (Å²) in [5.74, 6) is 0.876. The van der Waals surface area contributed by atoms with Crippen molar-refractivity contribution in [1.29, 1.82) is 0 Å². The van der Waals surface area contributed by atoms with Gasteiger partial charge in [-0.3, -0.25) is 0 Å². The van der Waals surface area contributed by atoms with Gasteiger partial charge < -0.3 is 4.74 Å². The first-order valence-electron chi connectivity index (χ1n) is 4.81. The third-order valence-corrected chi connectivity index (χ3v) is 3.13. The molecule has 0 spiro atoms. The highest BCUT2D eigenvalue weighted by Crippen LogP contribution is 2.30. The molecule has 0 N–H and O–H groups in total. The number of carbonyl (C=O) groups is 1. The van der Waals surface area contributed by atoms with Gasteiger partial charge in [0.05, 0.1) is 5.56 Å². The summed E-state index contributed by atoms with van der Waals surface area (Å²) in [6.45, 7) is 4.19. The molecule has 2 nitrogen and oxygen atoms in total. The fraction of sp³-hybridized carbons (Fsp3) is 0.250. The smallest absolute Gasteiger partial charge is 0.338 e. The van der Waals surface area contributed by atoms with Crippen LogP contribution in [0.15, 0.2) is 30.8 Å². The normalized spacial score (nSPS) is 18.3. The molecule has 1 aliphatic rings. The van der Waals surface area contributed by atoms with Crippen molar-refractivity contribution in [3.63, 3.8) is 0 Å². The fourth-order valence-electron chi connectivity index (χ4n) is 1.17. The maximum atomic E-state index is 11.5. The number of ether oxygens (including phenoxy) is 1. The van der Waals surface area contributed by atoms with E-state index in [4.69, 9.17) is 4.74 Å². The average molecular weight is 220 g/mol. The largest absolute Gasteiger partial charge is 0.461 e. The Bertz CT molecular complexity index is 366. The van der Waals surface area contributed by atoms with Crippen molar-refractivity contribution in [1.82, 2.24) is 0 Å². The second kappa shape index (κ2) is 4.53. The highest BCUT2D eigenvalue weighted by atomic mass is 32.2. The molecule has 1 heterocycles. The number of thioether (sulfide) groups is 1. The number of carbonyl (C=O) groups excluding carboxylic acids is 1. The first-order valence-corrected chi connectivity index (χ1v) is 5.85. The van der Waals surface area contributed by atoms with E-state index < -0.39 is 0 Å². The lowest BCUT2D eigenvalue weighted by molar-refractivity contribution is 0.0517. The van der Waals surface area contributed by atoms with Crippen molar-refractivity contribution in [3.05, 3.63) is 42.0 Å². The fourth-order valence-corrected chi connectivity index (χ4v) is 1.57. The van der Waals surface area contributed by atoms with E-state index in [9.17, 15) is 4.79 Å². The number of hydrogen-bond acceptors (Lipinski definition) is 3. The SMILES string of the molecule is C=Cc1ccc(C(=O)OCC2CS2)cc1. The average Bonchev–Trinajstić information content (AvgIpc) is 3.10. The van der Waals surface area contributed by atoms with Crippen LogP contribution in [0.5, 0.6) is 0 Å². The van der Waals surface area contributed by atoms with E-state index >= 15 is 0 Å². The molecule has 1 fully saturated rings. The monoisotopic (exact) mass is 220 g/mol. The van der Waals surface area contributed by atoms with Crippen LogP contribution in [0.1, 0.15) is 15.9 Å². The van der Waals surface area contributed by atoms with E-state index in [0.29, 0.717) is 17.4 Å². The standard InChI is InChI=1S/C12H12O2S/c1-2-9-3-5-10(6-4-9)12(13)14-7-11-8-15-11/h2-6,11H,1,7-8H2. The second-order valence-electron chi connectivity index (χ2n) is 3.38. The van der Waals surface area contributed by atoms with Crippen LogP contribution in [-0.2, 0) is 4.74 Å². The van der Waals surface area contributed by atoms with Crippen LogP contribution in [0, 0.1) is 0 Å². The number of rotatable bonds is 4. The molecule has 15 heavy (non-hydrogen) atoms. The van der Waals surface area contributed by atoms with Gasteiger partial charge in [-0.25, -0.2) is 4.79 Å². The van der Waals surface area contributed by atoms with Gasteiger partial charge in [0, 0.05) is 11.0 Å². The quantitative estimate of drug-likeness (QED) is 0.576. The molecular formula is C12H12O2S. The molecule has 0 radical (unpaired) electrons. The Morgan fingerprint density at radius 3 is 2.73 bits per heavy atom. The third kappa shape index (κ3) is 2.86. The molecular weight excluding hydrogens is 208 g/mol. The van der Waals surface area contributed by atoms with Gasteiger partial charge in [-0.05, 0) is 17.7 Å². The Kier molecular flexibility index (Phi) is 3.11. The molecule has 1 aromatic rings. The van der Waals surface area contributed by atoms with Crippen LogP contribution in [0.4, 0.5) is 0 Å². The highest BCUT2D eigenvalue weighted by molar-refractivity contribution is 8.06. The first-order chi connectivity index (χ1) is 7.29. The van der Waals surface area contributed by atoms with Crippen LogP contribution in [0.3, 0.4) is 0 Å². The lowest BCUT2D eigenvalue weighted by atomic mass is 10.1. The maximum Gasteiger partial charge on any atom is 0.338 e. The molecule has 1 unspecified atom stereocenters. The summed E-state index contributed by atoms with van der Waals surface area (Å²) >= 11 is 1.82. The Hall–Kier alpha value is -1.22. The minimum atomic E-state index is -0.238. The lowest BCUT2D eigenvalue weighted by Crippen LogP contribution is -2.09. The van der Waals surface area contributed by atoms with Crippen molar-refractivity contribution in [2.75, 3.05) is 12.4 Å². The summed E-state index contributed by atoms with van der Waals surface area (Å²) in [7, 11) is 0. The van der Waals surface area contributed by atoms with Crippen LogP contribution in [-0.4, -0.2) is 23.6 Å². The maximum absolute atomic E-state index is 11.5. The molecule has 0 bridgehead atoms. The number of benzene rings is 1. The summed E-state index contributed by atoms with van der Waals surface area (Å²) in [4.78, 5) is 11.5. The van der Waals surface area contributed by atoms with E-state index in [0.717, 1.165) is 11.3 Å². The summed E-state index contributed by atoms with van der Waals surface area (Å²) in [5, 5.41) is 0.529. The van der Waals surface area contributed by atoms with Crippen molar-refractivity contribution >= 4 is 23.8 Å². The zero-order valence-electron chi connectivity index (χ0n) is 8.31. The highest BCUT2D eigenvalue weighted by Gasteiger charge is 2.24. The van der Waals surface area contributed by atoms with Crippen molar-refractivity contribution in [2.24, 2.45) is 0 Å². The third-order valence-electron chi connectivity index (χ3n) is 2.18. The van der Waals surface area contributed by atoms with Crippen LogP contribution >= 0.6 is 11.8 Å². The van der Waals surface area contributed by atoms with Crippen LogP contribution in [0.2, 0.25) is 0 Å². The van der Waals surface area contributed by atoms with Crippen molar-refractivity contribution in [3.8, 4) is 0 Å². The van der Waals surface area contributed by atoms with E-state index in [1.807, 2.05) is 23.9 Å². The molecule has 1 saturated heterocycles. The van der Waals surface area contributed by atoms with Gasteiger partial charge in [-0.15, -0.1) is 0 Å². The molecule has 1 aliphatic heterocycles. The zero-order valence-corrected chi connectivity index (χ0v) is 9.13. The minimum absolute atomic E-state index is 0.238. The van der Waals surface area contributed by atoms with Crippen molar-refractivity contribution < 1.29 is 9.53 Å². The van der Waals surface area contributed by atoms with Crippen molar-refractivity contribution in [2.45, 2.75) is 5.25 Å². The molecule has 1 aromatic carbocycles. The summed E-state index contributed by atoms with van der Waals surface area (Å²) in [6, 6.07) is 7.24. The topological polar surface area (TPSA) is 26.3 Å². The van der Waals surface area contributed by atoms with E-state index in [-0.39, 0.29) is 5.97 Å². The lowest BCUT2D eigenvalue weighted by Gasteiger charge is -2.03. The van der Waals surface area contributed by atoms with E-state index in [2.05, 4.69) is 6.58 Å². The van der Waals surface area contributed by atoms with E-state index in [1.54, 1.807) is 18.2 Å². The number of hydrogen-bond donors (Lipinski definition) is 0. The van der Waals surface area contributed by atoms with Gasteiger partial charge in [0.2, 0.25) is 0 Å². The molecule has 0 aliphatic carbocycles. The van der Waals surface area contributed by atoms with Crippen LogP contribution in [0.25, 0.3) is 6.08 Å². The molecule has 1 atom stereocenters. The van der Waals surface area contributed by atoms with Crippen LogP contribution < -0.4 is 0 Å². The zero-order chi connectivity index (χ0) is 10.7. The Labute approximate surface area is 93.3 Å². The Balaban J connectivity index is 1.94. The molecule has 0 saturated carbocycles. The summed E-state index contributed by atoms with van der Waals surface area (Å²) < 4.78 is 5.14. The molecule has 3 heteroatoms. The van der Waals surface area contributed by atoms with Gasteiger partial charge in [-0.1, -0.05) is 24.8 Å². The minimum Gasteiger partial charge on any atom is -0.461 e. The predicted molar refractivity (Wildman–Crippen MR) is 63.1 cm³/mol.